The molecule has 3 rings (SSSR count). The molecule has 1 fully saturated rings. The lowest BCUT2D eigenvalue weighted by Crippen LogP contribution is -2.32. The van der Waals surface area contributed by atoms with Crippen LogP contribution < -0.4 is 0 Å². The number of hydrogen-bond acceptors (Lipinski definition) is 4. The van der Waals surface area contributed by atoms with Gasteiger partial charge >= 0.3 is 0 Å². The molecule has 1 amide bonds. The first-order valence-corrected chi connectivity index (χ1v) is 7.29. The van der Waals surface area contributed by atoms with E-state index in [9.17, 15) is 4.79 Å². The smallest absolute Gasteiger partial charge is 0.273 e. The summed E-state index contributed by atoms with van der Waals surface area (Å²) in [7, 11) is 1.77. The first-order valence-electron chi connectivity index (χ1n) is 6.49. The molecule has 2 aromatic heterocycles. The average molecular weight is 339 g/mol. The normalized spacial score (nSPS) is 18.8. The minimum atomic E-state index is -0.0366. The lowest BCUT2D eigenvalue weighted by atomic mass is 10.1. The van der Waals surface area contributed by atoms with Crippen LogP contribution in [0.2, 0.25) is 0 Å². The van der Waals surface area contributed by atoms with E-state index >= 15 is 0 Å². The van der Waals surface area contributed by atoms with Gasteiger partial charge in [0.25, 0.3) is 5.91 Å². The van der Waals surface area contributed by atoms with Crippen LogP contribution in [0.4, 0.5) is 0 Å². The van der Waals surface area contributed by atoms with Crippen LogP contribution in [0.15, 0.2) is 21.3 Å². The molecule has 0 saturated carbocycles. The Hall–Kier alpha value is -1.63. The fourth-order valence-electron chi connectivity index (χ4n) is 2.63. The van der Waals surface area contributed by atoms with Gasteiger partial charge in [-0.05, 0) is 35.7 Å². The second-order valence-corrected chi connectivity index (χ2v) is 5.85. The van der Waals surface area contributed by atoms with Gasteiger partial charge in [0.2, 0.25) is 0 Å². The van der Waals surface area contributed by atoms with Crippen LogP contribution in [0.3, 0.4) is 0 Å². The third-order valence-corrected chi connectivity index (χ3v) is 4.17. The van der Waals surface area contributed by atoms with Gasteiger partial charge in [0.1, 0.15) is 5.69 Å². The Morgan fingerprint density at radius 3 is 2.95 bits per heavy atom. The van der Waals surface area contributed by atoms with Gasteiger partial charge in [0.15, 0.2) is 5.76 Å². The number of likely N-dealkylation sites (tertiary alicyclic amines) is 1. The predicted molar refractivity (Wildman–Crippen MR) is 75.2 cm³/mol. The van der Waals surface area contributed by atoms with Crippen molar-refractivity contribution in [3.05, 3.63) is 33.9 Å². The van der Waals surface area contributed by atoms with Crippen molar-refractivity contribution in [1.82, 2.24) is 19.8 Å². The van der Waals surface area contributed by atoms with Crippen molar-refractivity contribution in [1.29, 1.82) is 0 Å². The SMILES string of the molecule is Cc1cc([C@H]2CCCN2C(=O)c2c(Br)cnn2C)on1. The van der Waals surface area contributed by atoms with Gasteiger partial charge in [-0.25, -0.2) is 0 Å². The summed E-state index contributed by atoms with van der Waals surface area (Å²) in [6.45, 7) is 2.60. The second-order valence-electron chi connectivity index (χ2n) is 4.99. The van der Waals surface area contributed by atoms with Crippen LogP contribution in [0, 0.1) is 6.92 Å². The number of carbonyl (C=O) groups excluding carboxylic acids is 1. The molecule has 0 radical (unpaired) electrons. The zero-order valence-electron chi connectivity index (χ0n) is 11.3. The molecule has 3 heterocycles. The van der Waals surface area contributed by atoms with Crippen LogP contribution in [-0.4, -0.2) is 32.3 Å². The second kappa shape index (κ2) is 5.05. The van der Waals surface area contributed by atoms with Crippen molar-refractivity contribution < 1.29 is 9.32 Å². The average Bonchev–Trinajstić information content (AvgIpc) is 3.09. The molecule has 7 heteroatoms. The number of aryl methyl sites for hydroxylation is 2. The molecule has 0 bridgehead atoms. The summed E-state index contributed by atoms with van der Waals surface area (Å²) in [4.78, 5) is 14.5. The van der Waals surface area contributed by atoms with E-state index < -0.39 is 0 Å². The van der Waals surface area contributed by atoms with Crippen LogP contribution in [-0.2, 0) is 7.05 Å². The molecule has 1 aliphatic rings. The van der Waals surface area contributed by atoms with Crippen molar-refractivity contribution in [3.8, 4) is 0 Å². The van der Waals surface area contributed by atoms with Crippen molar-refractivity contribution in [3.63, 3.8) is 0 Å². The molecule has 1 aliphatic heterocycles. The molecule has 2 aromatic rings. The summed E-state index contributed by atoms with van der Waals surface area (Å²) in [6, 6.07) is 1.86. The molecule has 0 spiro atoms. The van der Waals surface area contributed by atoms with Gasteiger partial charge in [0, 0.05) is 19.7 Å². The van der Waals surface area contributed by atoms with E-state index in [-0.39, 0.29) is 11.9 Å². The maximum atomic E-state index is 12.7. The van der Waals surface area contributed by atoms with Gasteiger partial charge in [0.05, 0.1) is 22.4 Å². The Balaban J connectivity index is 1.91. The van der Waals surface area contributed by atoms with Gasteiger partial charge in [-0.1, -0.05) is 5.16 Å². The highest BCUT2D eigenvalue weighted by atomic mass is 79.9. The number of amides is 1. The van der Waals surface area contributed by atoms with Crippen LogP contribution >= 0.6 is 15.9 Å². The summed E-state index contributed by atoms with van der Waals surface area (Å²) < 4.78 is 7.63. The van der Waals surface area contributed by atoms with Crippen molar-refractivity contribution in [2.45, 2.75) is 25.8 Å². The largest absolute Gasteiger partial charge is 0.359 e. The minimum Gasteiger partial charge on any atom is -0.359 e. The lowest BCUT2D eigenvalue weighted by Gasteiger charge is -2.22. The molecule has 1 atom stereocenters. The van der Waals surface area contributed by atoms with Gasteiger partial charge in [-0.3, -0.25) is 9.48 Å². The summed E-state index contributed by atoms with van der Waals surface area (Å²) in [5.41, 5.74) is 1.40. The highest BCUT2D eigenvalue weighted by Crippen LogP contribution is 2.34. The fraction of sp³-hybridized carbons (Fsp3) is 0.462. The first-order chi connectivity index (χ1) is 9.58. The van der Waals surface area contributed by atoms with Crippen molar-refractivity contribution in [2.75, 3.05) is 6.54 Å². The quantitative estimate of drug-likeness (QED) is 0.843. The third kappa shape index (κ3) is 2.15. The van der Waals surface area contributed by atoms with Crippen LogP contribution in [0.25, 0.3) is 0 Å². The van der Waals surface area contributed by atoms with E-state index in [1.54, 1.807) is 17.9 Å². The third-order valence-electron chi connectivity index (χ3n) is 3.58. The zero-order chi connectivity index (χ0) is 14.3. The van der Waals surface area contributed by atoms with Gasteiger partial charge in [-0.15, -0.1) is 0 Å². The molecular weight excluding hydrogens is 324 g/mol. The van der Waals surface area contributed by atoms with Crippen molar-refractivity contribution in [2.24, 2.45) is 7.05 Å². The fourth-order valence-corrected chi connectivity index (χ4v) is 3.15. The number of halogens is 1. The number of hydrogen-bond donors (Lipinski definition) is 0. The number of aromatic nitrogens is 3. The zero-order valence-corrected chi connectivity index (χ0v) is 12.9. The van der Waals surface area contributed by atoms with E-state index in [4.69, 9.17) is 4.52 Å². The first kappa shape index (κ1) is 13.4. The van der Waals surface area contributed by atoms with Gasteiger partial charge in [-0.2, -0.15) is 5.10 Å². The summed E-state index contributed by atoms with van der Waals surface area (Å²) in [5, 5.41) is 8.01. The molecular formula is C13H15BrN4O2. The van der Waals surface area contributed by atoms with E-state index in [2.05, 4.69) is 26.2 Å². The molecule has 6 nitrogen and oxygen atoms in total. The lowest BCUT2D eigenvalue weighted by molar-refractivity contribution is 0.0702. The van der Waals surface area contributed by atoms with Crippen LogP contribution in [0.5, 0.6) is 0 Å². The minimum absolute atomic E-state index is 0.0339. The summed E-state index contributed by atoms with van der Waals surface area (Å²) in [6.07, 6.45) is 3.50. The van der Waals surface area contributed by atoms with Gasteiger partial charge < -0.3 is 9.42 Å². The highest BCUT2D eigenvalue weighted by Gasteiger charge is 2.35. The van der Waals surface area contributed by atoms with E-state index in [0.29, 0.717) is 10.2 Å². The molecule has 0 unspecified atom stereocenters. The van der Waals surface area contributed by atoms with E-state index in [0.717, 1.165) is 30.8 Å². The number of carbonyl (C=O) groups is 1. The maximum absolute atomic E-state index is 12.7. The Bertz CT molecular complexity index is 629. The van der Waals surface area contributed by atoms with Crippen molar-refractivity contribution >= 4 is 21.8 Å². The maximum Gasteiger partial charge on any atom is 0.273 e. The molecule has 0 N–H and O–H groups in total. The molecule has 0 aromatic carbocycles. The van der Waals surface area contributed by atoms with E-state index in [1.807, 2.05) is 17.9 Å². The molecule has 0 aliphatic carbocycles. The van der Waals surface area contributed by atoms with Crippen LogP contribution in [0.1, 0.15) is 40.8 Å². The molecule has 1 saturated heterocycles. The Morgan fingerprint density at radius 1 is 1.55 bits per heavy atom. The number of nitrogens with zero attached hydrogens (tertiary/aromatic N) is 4. The standard InChI is InChI=1S/C13H15BrN4O2/c1-8-6-11(20-16-8)10-4-3-5-18(10)13(19)12-9(14)7-15-17(12)2/h6-7,10H,3-5H2,1-2H3/t10-/m1/s1. The highest BCUT2D eigenvalue weighted by molar-refractivity contribution is 9.10. The Morgan fingerprint density at radius 2 is 2.35 bits per heavy atom. The topological polar surface area (TPSA) is 64.2 Å². The summed E-state index contributed by atoms with van der Waals surface area (Å²) in [5.74, 6) is 0.722. The predicted octanol–water partition coefficient (Wildman–Crippen LogP) is 2.46. The molecule has 20 heavy (non-hydrogen) atoms. The Labute approximate surface area is 124 Å². The number of rotatable bonds is 2. The molecule has 106 valence electrons. The van der Waals surface area contributed by atoms with E-state index in [1.165, 1.54) is 0 Å². The Kier molecular flexibility index (Phi) is 3.37. The monoisotopic (exact) mass is 338 g/mol. The summed E-state index contributed by atoms with van der Waals surface area (Å²) >= 11 is 3.38.